The lowest BCUT2D eigenvalue weighted by molar-refractivity contribution is -0.0395. The Bertz CT molecular complexity index is 682. The zero-order chi connectivity index (χ0) is 26.7. The molecular formula is C30H54O3Si2. The van der Waals surface area contributed by atoms with E-state index in [9.17, 15) is 0 Å². The fourth-order valence-corrected chi connectivity index (χ4v) is 7.78. The molecule has 2 saturated carbocycles. The van der Waals surface area contributed by atoms with Crippen molar-refractivity contribution < 1.29 is 13.6 Å². The highest BCUT2D eigenvalue weighted by Gasteiger charge is 2.42. The van der Waals surface area contributed by atoms with Crippen molar-refractivity contribution in [1.29, 1.82) is 0 Å². The molecule has 0 aromatic heterocycles. The van der Waals surface area contributed by atoms with Crippen LogP contribution in [0.3, 0.4) is 0 Å². The summed E-state index contributed by atoms with van der Waals surface area (Å²) in [5, 5.41) is 0.478. The monoisotopic (exact) mass is 518 g/mol. The van der Waals surface area contributed by atoms with Crippen LogP contribution in [0.5, 0.6) is 0 Å². The Labute approximate surface area is 220 Å². The van der Waals surface area contributed by atoms with Crippen LogP contribution in [0.25, 0.3) is 0 Å². The van der Waals surface area contributed by atoms with E-state index in [-0.39, 0.29) is 22.3 Å². The second-order valence-corrected chi connectivity index (χ2v) is 23.7. The number of hydrogen-bond acceptors (Lipinski definition) is 3. The van der Waals surface area contributed by atoms with Gasteiger partial charge in [0, 0.05) is 12.2 Å². The molecule has 0 aliphatic heterocycles. The third-order valence-electron chi connectivity index (χ3n) is 9.45. The van der Waals surface area contributed by atoms with Gasteiger partial charge < -0.3 is 13.6 Å². The molecule has 0 spiro atoms. The van der Waals surface area contributed by atoms with Crippen LogP contribution in [-0.2, 0) is 13.6 Å². The van der Waals surface area contributed by atoms with Crippen molar-refractivity contribution in [3.8, 4) is 24.7 Å². The van der Waals surface area contributed by atoms with Crippen molar-refractivity contribution in [3.05, 3.63) is 0 Å². The Morgan fingerprint density at radius 3 is 1.11 bits per heavy atom. The van der Waals surface area contributed by atoms with Gasteiger partial charge in [0.05, 0.1) is 0 Å². The average molecular weight is 519 g/mol. The zero-order valence-electron chi connectivity index (χ0n) is 24.5. The molecule has 0 heterocycles. The van der Waals surface area contributed by atoms with Crippen molar-refractivity contribution >= 4 is 16.6 Å². The van der Waals surface area contributed by atoms with Crippen LogP contribution in [-0.4, -0.2) is 41.1 Å². The molecule has 0 N–H and O–H groups in total. The fraction of sp³-hybridized carbons (Fsp3) is 0.867. The molecule has 2 rings (SSSR count). The van der Waals surface area contributed by atoms with Crippen molar-refractivity contribution in [2.75, 3.05) is 0 Å². The molecule has 35 heavy (non-hydrogen) atoms. The highest BCUT2D eigenvalue weighted by atomic mass is 28.4. The molecule has 5 heteroatoms. The average Bonchev–Trinajstić information content (AvgIpc) is 2.74. The van der Waals surface area contributed by atoms with E-state index in [1.54, 1.807) is 0 Å². The minimum Gasteiger partial charge on any atom is -0.414 e. The van der Waals surface area contributed by atoms with E-state index >= 15 is 0 Å². The third-order valence-corrected chi connectivity index (χ3v) is 18.5. The lowest BCUT2D eigenvalue weighted by Gasteiger charge is -2.42. The molecule has 2 fully saturated rings. The maximum absolute atomic E-state index is 6.67. The molecule has 0 aromatic rings. The minimum absolute atomic E-state index is 0.203. The first kappa shape index (κ1) is 30.7. The normalized spacial score (nSPS) is 28.6. The number of hydrogen-bond donors (Lipinski definition) is 0. The topological polar surface area (TPSA) is 27.7 Å². The molecule has 0 amide bonds. The van der Waals surface area contributed by atoms with Gasteiger partial charge in [-0.25, -0.2) is 0 Å². The highest BCUT2D eigenvalue weighted by Crippen LogP contribution is 2.42. The van der Waals surface area contributed by atoms with Crippen molar-refractivity contribution in [2.24, 2.45) is 11.8 Å². The Balaban J connectivity index is 1.87. The first-order valence-electron chi connectivity index (χ1n) is 13.9. The van der Waals surface area contributed by atoms with Gasteiger partial charge in [0.15, 0.2) is 16.6 Å². The van der Waals surface area contributed by atoms with E-state index < -0.39 is 16.6 Å². The van der Waals surface area contributed by atoms with E-state index in [0.717, 1.165) is 51.4 Å². The third kappa shape index (κ3) is 8.21. The number of rotatable bonds is 8. The van der Waals surface area contributed by atoms with Crippen LogP contribution >= 0.6 is 0 Å². The predicted octanol–water partition coefficient (Wildman–Crippen LogP) is 8.17. The molecular weight excluding hydrogens is 464 g/mol. The smallest absolute Gasteiger partial charge is 0.192 e. The predicted molar refractivity (Wildman–Crippen MR) is 154 cm³/mol. The SMILES string of the molecule is C#CC(OC(C#C)C1CCC(O[Si](C)(C)C(C)(C)C)CC1)C1CCC(O[Si](C)(C)C(C)(C)C)CC1. The quantitative estimate of drug-likeness (QED) is 0.239. The summed E-state index contributed by atoms with van der Waals surface area (Å²) in [6, 6.07) is 0. The second-order valence-electron chi connectivity index (χ2n) is 14.1. The van der Waals surface area contributed by atoms with Gasteiger partial charge in [0.25, 0.3) is 0 Å². The molecule has 0 radical (unpaired) electrons. The van der Waals surface area contributed by atoms with E-state index in [2.05, 4.69) is 79.6 Å². The molecule has 2 aliphatic carbocycles. The van der Waals surface area contributed by atoms with Gasteiger partial charge >= 0.3 is 0 Å². The Morgan fingerprint density at radius 2 is 0.886 bits per heavy atom. The Morgan fingerprint density at radius 1 is 0.600 bits per heavy atom. The molecule has 3 nitrogen and oxygen atoms in total. The summed E-state index contributed by atoms with van der Waals surface area (Å²) in [6.45, 7) is 23.2. The Kier molecular flexibility index (Phi) is 10.4. The van der Waals surface area contributed by atoms with E-state index in [1.807, 2.05) is 0 Å². The molecule has 200 valence electrons. The summed E-state index contributed by atoms with van der Waals surface area (Å²) in [7, 11) is -3.48. The minimum atomic E-state index is -1.74. The maximum Gasteiger partial charge on any atom is 0.192 e. The van der Waals surface area contributed by atoms with E-state index in [0.29, 0.717) is 24.0 Å². The first-order chi connectivity index (χ1) is 16.0. The molecule has 0 aromatic carbocycles. The van der Waals surface area contributed by atoms with E-state index in [4.69, 9.17) is 26.4 Å². The van der Waals surface area contributed by atoms with Crippen LogP contribution in [0, 0.1) is 36.5 Å². The first-order valence-corrected chi connectivity index (χ1v) is 19.8. The summed E-state index contributed by atoms with van der Waals surface area (Å²) in [4.78, 5) is 0. The zero-order valence-corrected chi connectivity index (χ0v) is 26.5. The highest BCUT2D eigenvalue weighted by molar-refractivity contribution is 6.74. The van der Waals surface area contributed by atoms with Crippen LogP contribution in [0.1, 0.15) is 92.9 Å². The Hall–Kier alpha value is -0.566. The molecule has 2 aliphatic rings. The van der Waals surface area contributed by atoms with Gasteiger partial charge in [0.1, 0.15) is 12.2 Å². The molecule has 2 atom stereocenters. The largest absolute Gasteiger partial charge is 0.414 e. The molecule has 2 unspecified atom stereocenters. The second kappa shape index (κ2) is 11.9. The van der Waals surface area contributed by atoms with Crippen LogP contribution < -0.4 is 0 Å². The van der Waals surface area contributed by atoms with Gasteiger partial charge in [0.2, 0.25) is 0 Å². The maximum atomic E-state index is 6.67. The fourth-order valence-electron chi connectivity index (χ4n) is 4.94. The van der Waals surface area contributed by atoms with Crippen LogP contribution in [0.2, 0.25) is 36.3 Å². The summed E-state index contributed by atoms with van der Waals surface area (Å²) in [5.41, 5.74) is 0. The summed E-state index contributed by atoms with van der Waals surface area (Å²) in [5.74, 6) is 6.64. The van der Waals surface area contributed by atoms with Crippen molar-refractivity contribution in [3.63, 3.8) is 0 Å². The van der Waals surface area contributed by atoms with Gasteiger partial charge in [-0.1, -0.05) is 53.4 Å². The lowest BCUT2D eigenvalue weighted by Crippen LogP contribution is -2.45. The van der Waals surface area contributed by atoms with Gasteiger partial charge in [-0.2, -0.15) is 0 Å². The van der Waals surface area contributed by atoms with Gasteiger partial charge in [-0.3, -0.25) is 0 Å². The summed E-state index contributed by atoms with van der Waals surface area (Å²) < 4.78 is 19.8. The summed E-state index contributed by atoms with van der Waals surface area (Å²) >= 11 is 0. The number of terminal acetylenes is 2. The summed E-state index contributed by atoms with van der Waals surface area (Å²) in [6.07, 6.45) is 20.7. The lowest BCUT2D eigenvalue weighted by atomic mass is 9.82. The van der Waals surface area contributed by atoms with Gasteiger partial charge in [-0.15, -0.1) is 12.8 Å². The number of ether oxygens (including phenoxy) is 1. The van der Waals surface area contributed by atoms with E-state index in [1.165, 1.54) is 0 Å². The van der Waals surface area contributed by atoms with Crippen LogP contribution in [0.15, 0.2) is 0 Å². The van der Waals surface area contributed by atoms with Gasteiger partial charge in [-0.05, 0) is 99.5 Å². The molecule has 0 saturated heterocycles. The van der Waals surface area contributed by atoms with Crippen molar-refractivity contribution in [2.45, 2.75) is 154 Å². The molecule has 0 bridgehead atoms. The van der Waals surface area contributed by atoms with Crippen molar-refractivity contribution in [1.82, 2.24) is 0 Å². The standard InChI is InChI=1S/C30H54O3Si2/c1-13-27(23-15-19-25(20-16-23)32-34(9,10)29(3,4)5)31-28(14-2)24-17-21-26(22-18-24)33-35(11,12)30(6,7)8/h1-2,23-28H,15-22H2,3-12H3. The van der Waals surface area contributed by atoms with Crippen LogP contribution in [0.4, 0.5) is 0 Å².